The lowest BCUT2D eigenvalue weighted by molar-refractivity contribution is 0.274. The van der Waals surface area contributed by atoms with Crippen molar-refractivity contribution < 1.29 is 9.15 Å². The number of fused-ring (bicyclic) bond motifs is 1. The van der Waals surface area contributed by atoms with Gasteiger partial charge in [0.05, 0.1) is 0 Å². The molecule has 2 nitrogen and oxygen atoms in total. The summed E-state index contributed by atoms with van der Waals surface area (Å²) in [6.07, 6.45) is 0. The van der Waals surface area contributed by atoms with Crippen molar-refractivity contribution in [3.8, 4) is 5.75 Å². The molecular weight excluding hydrogens is 236 g/mol. The maximum absolute atomic E-state index is 5.77. The van der Waals surface area contributed by atoms with Gasteiger partial charge in [-0.25, -0.2) is 0 Å². The molecule has 0 amide bonds. The third-order valence-corrected chi connectivity index (χ3v) is 3.23. The number of aryl methyl sites for hydroxylation is 2. The zero-order valence-electron chi connectivity index (χ0n) is 11.1. The Morgan fingerprint density at radius 3 is 2.53 bits per heavy atom. The molecule has 3 aromatic rings. The summed E-state index contributed by atoms with van der Waals surface area (Å²) < 4.78 is 11.5. The van der Waals surface area contributed by atoms with Crippen molar-refractivity contribution in [3.05, 3.63) is 65.4 Å². The maximum atomic E-state index is 5.77. The molecule has 0 aliphatic rings. The van der Waals surface area contributed by atoms with Crippen LogP contribution in [0.4, 0.5) is 0 Å². The molecule has 0 unspecified atom stereocenters. The number of benzene rings is 2. The molecular formula is C17H16O2. The van der Waals surface area contributed by atoms with Gasteiger partial charge >= 0.3 is 0 Å². The van der Waals surface area contributed by atoms with Gasteiger partial charge in [0.1, 0.15) is 23.7 Å². The van der Waals surface area contributed by atoms with E-state index in [4.69, 9.17) is 9.15 Å². The molecule has 0 saturated heterocycles. The van der Waals surface area contributed by atoms with E-state index in [1.165, 1.54) is 11.1 Å². The predicted molar refractivity (Wildman–Crippen MR) is 76.5 cm³/mol. The fourth-order valence-corrected chi connectivity index (χ4v) is 2.12. The Hall–Kier alpha value is -2.22. The van der Waals surface area contributed by atoms with Gasteiger partial charge in [-0.05, 0) is 43.7 Å². The first-order valence-corrected chi connectivity index (χ1v) is 6.40. The van der Waals surface area contributed by atoms with Crippen molar-refractivity contribution in [1.29, 1.82) is 0 Å². The van der Waals surface area contributed by atoms with Crippen LogP contribution in [0.5, 0.6) is 5.75 Å². The molecule has 1 heterocycles. The minimum atomic E-state index is 0.456. The Morgan fingerprint density at radius 2 is 1.79 bits per heavy atom. The second-order valence-electron chi connectivity index (χ2n) is 4.80. The van der Waals surface area contributed by atoms with Crippen LogP contribution < -0.4 is 4.74 Å². The Labute approximate surface area is 112 Å². The summed E-state index contributed by atoms with van der Waals surface area (Å²) in [7, 11) is 0. The average Bonchev–Trinajstić information content (AvgIpc) is 2.83. The number of rotatable bonds is 3. The topological polar surface area (TPSA) is 22.4 Å². The van der Waals surface area contributed by atoms with E-state index in [9.17, 15) is 0 Å². The Kier molecular flexibility index (Phi) is 3.00. The highest BCUT2D eigenvalue weighted by Crippen LogP contribution is 2.23. The molecule has 19 heavy (non-hydrogen) atoms. The van der Waals surface area contributed by atoms with E-state index in [0.717, 1.165) is 22.5 Å². The molecule has 0 spiro atoms. The molecule has 0 radical (unpaired) electrons. The molecule has 0 saturated carbocycles. The molecule has 0 atom stereocenters. The fraction of sp³-hybridized carbons (Fsp3) is 0.176. The van der Waals surface area contributed by atoms with Gasteiger partial charge in [-0.2, -0.15) is 0 Å². The van der Waals surface area contributed by atoms with Crippen molar-refractivity contribution >= 4 is 11.0 Å². The molecule has 0 aliphatic carbocycles. The first-order valence-electron chi connectivity index (χ1n) is 6.40. The van der Waals surface area contributed by atoms with Crippen LogP contribution in [0, 0.1) is 13.8 Å². The largest absolute Gasteiger partial charge is 0.486 e. The monoisotopic (exact) mass is 252 g/mol. The van der Waals surface area contributed by atoms with Crippen molar-refractivity contribution in [3.63, 3.8) is 0 Å². The molecule has 0 bridgehead atoms. The van der Waals surface area contributed by atoms with E-state index in [1.807, 2.05) is 36.4 Å². The van der Waals surface area contributed by atoms with Crippen LogP contribution >= 0.6 is 0 Å². The SMILES string of the molecule is Cc1ccc(OCc2cc3c(C)cccc3o2)cc1. The van der Waals surface area contributed by atoms with Crippen LogP contribution in [0.25, 0.3) is 11.0 Å². The Balaban J connectivity index is 1.78. The summed E-state index contributed by atoms with van der Waals surface area (Å²) in [4.78, 5) is 0. The number of hydrogen-bond acceptors (Lipinski definition) is 2. The molecule has 1 aromatic heterocycles. The molecule has 0 N–H and O–H groups in total. The van der Waals surface area contributed by atoms with Gasteiger partial charge in [-0.1, -0.05) is 29.8 Å². The molecule has 3 rings (SSSR count). The third kappa shape index (κ3) is 2.48. The lowest BCUT2D eigenvalue weighted by Gasteiger charge is -2.03. The number of furan rings is 1. The standard InChI is InChI=1S/C17H16O2/c1-12-6-8-14(9-7-12)18-11-15-10-16-13(2)4-3-5-17(16)19-15/h3-10H,11H2,1-2H3. The number of ether oxygens (including phenoxy) is 1. The highest BCUT2D eigenvalue weighted by molar-refractivity contribution is 5.81. The van der Waals surface area contributed by atoms with E-state index >= 15 is 0 Å². The van der Waals surface area contributed by atoms with Crippen molar-refractivity contribution in [2.75, 3.05) is 0 Å². The van der Waals surface area contributed by atoms with Crippen LogP contribution in [-0.2, 0) is 6.61 Å². The van der Waals surface area contributed by atoms with Gasteiger partial charge in [0.2, 0.25) is 0 Å². The molecule has 0 aliphatic heterocycles. The highest BCUT2D eigenvalue weighted by Gasteiger charge is 2.06. The zero-order valence-corrected chi connectivity index (χ0v) is 11.1. The smallest absolute Gasteiger partial charge is 0.146 e. The normalized spacial score (nSPS) is 10.8. The van der Waals surface area contributed by atoms with Gasteiger partial charge in [-0.3, -0.25) is 0 Å². The highest BCUT2D eigenvalue weighted by atomic mass is 16.5. The number of hydrogen-bond donors (Lipinski definition) is 0. The second kappa shape index (κ2) is 4.81. The first-order chi connectivity index (χ1) is 9.22. The maximum Gasteiger partial charge on any atom is 0.146 e. The summed E-state index contributed by atoms with van der Waals surface area (Å²) in [5.74, 6) is 1.72. The van der Waals surface area contributed by atoms with E-state index < -0.39 is 0 Å². The molecule has 2 heteroatoms. The molecule has 96 valence electrons. The third-order valence-electron chi connectivity index (χ3n) is 3.23. The summed E-state index contributed by atoms with van der Waals surface area (Å²) in [5, 5.41) is 1.16. The van der Waals surface area contributed by atoms with Crippen LogP contribution in [0.15, 0.2) is 52.9 Å². The van der Waals surface area contributed by atoms with Crippen LogP contribution in [-0.4, -0.2) is 0 Å². The van der Waals surface area contributed by atoms with E-state index in [1.54, 1.807) is 0 Å². The first kappa shape index (κ1) is 11.8. The van der Waals surface area contributed by atoms with Crippen LogP contribution in [0.1, 0.15) is 16.9 Å². The summed E-state index contributed by atoms with van der Waals surface area (Å²) in [6, 6.07) is 16.2. The summed E-state index contributed by atoms with van der Waals surface area (Å²) in [5.41, 5.74) is 3.37. The molecule has 0 fully saturated rings. The summed E-state index contributed by atoms with van der Waals surface area (Å²) >= 11 is 0. The van der Waals surface area contributed by atoms with Gasteiger partial charge in [0.25, 0.3) is 0 Å². The lowest BCUT2D eigenvalue weighted by Crippen LogP contribution is -1.93. The van der Waals surface area contributed by atoms with Crippen molar-refractivity contribution in [2.24, 2.45) is 0 Å². The van der Waals surface area contributed by atoms with Gasteiger partial charge in [0, 0.05) is 5.39 Å². The zero-order chi connectivity index (χ0) is 13.2. The van der Waals surface area contributed by atoms with E-state index in [2.05, 4.69) is 26.0 Å². The predicted octanol–water partition coefficient (Wildman–Crippen LogP) is 4.63. The Bertz CT molecular complexity index is 693. The van der Waals surface area contributed by atoms with E-state index in [-0.39, 0.29) is 0 Å². The van der Waals surface area contributed by atoms with Crippen molar-refractivity contribution in [1.82, 2.24) is 0 Å². The minimum Gasteiger partial charge on any atom is -0.486 e. The average molecular weight is 252 g/mol. The minimum absolute atomic E-state index is 0.456. The van der Waals surface area contributed by atoms with E-state index in [0.29, 0.717) is 6.61 Å². The fourth-order valence-electron chi connectivity index (χ4n) is 2.12. The van der Waals surface area contributed by atoms with Gasteiger partial charge < -0.3 is 9.15 Å². The Morgan fingerprint density at radius 1 is 1.00 bits per heavy atom. The quantitative estimate of drug-likeness (QED) is 0.678. The lowest BCUT2D eigenvalue weighted by atomic mass is 10.1. The van der Waals surface area contributed by atoms with Crippen LogP contribution in [0.3, 0.4) is 0 Å². The summed E-state index contributed by atoms with van der Waals surface area (Å²) in [6.45, 7) is 4.60. The van der Waals surface area contributed by atoms with Crippen molar-refractivity contribution in [2.45, 2.75) is 20.5 Å². The van der Waals surface area contributed by atoms with Crippen LogP contribution in [0.2, 0.25) is 0 Å². The molecule has 2 aromatic carbocycles. The van der Waals surface area contributed by atoms with Gasteiger partial charge in [-0.15, -0.1) is 0 Å². The van der Waals surface area contributed by atoms with Gasteiger partial charge in [0.15, 0.2) is 0 Å². The second-order valence-corrected chi connectivity index (χ2v) is 4.80.